The van der Waals surface area contributed by atoms with Crippen LogP contribution in [0.2, 0.25) is 0 Å². The molecule has 0 aliphatic heterocycles. The monoisotopic (exact) mass is 282 g/mol. The Labute approximate surface area is 116 Å². The van der Waals surface area contributed by atoms with Gasteiger partial charge in [-0.3, -0.25) is 9.59 Å². The molecule has 0 saturated carbocycles. The summed E-state index contributed by atoms with van der Waals surface area (Å²) in [5, 5.41) is 13.8. The fraction of sp³-hybridized carbons (Fsp3) is 0.462. The molecule has 1 unspecified atom stereocenters. The molecule has 110 valence electrons. The Morgan fingerprint density at radius 1 is 1.30 bits per heavy atom. The molecule has 0 aromatic carbocycles. The van der Waals surface area contributed by atoms with Gasteiger partial charge in [0.05, 0.1) is 5.56 Å². The predicted octanol–water partition coefficient (Wildman–Crippen LogP) is 0.868. The molecule has 0 radical (unpaired) electrons. The third-order valence-electron chi connectivity index (χ3n) is 2.50. The van der Waals surface area contributed by atoms with Gasteiger partial charge in [-0.05, 0) is 12.8 Å². The van der Waals surface area contributed by atoms with E-state index in [4.69, 9.17) is 9.52 Å². The molecule has 0 fully saturated rings. The highest BCUT2D eigenvalue weighted by Crippen LogP contribution is 2.07. The summed E-state index contributed by atoms with van der Waals surface area (Å²) in [6.45, 7) is 5.97. The number of nitrogens with one attached hydrogen (secondary N) is 2. The van der Waals surface area contributed by atoms with Crippen molar-refractivity contribution in [3.8, 4) is 0 Å². The van der Waals surface area contributed by atoms with Crippen LogP contribution in [0.15, 0.2) is 16.7 Å². The Balaban J connectivity index is 2.56. The van der Waals surface area contributed by atoms with Crippen LogP contribution in [-0.4, -0.2) is 35.5 Å². The van der Waals surface area contributed by atoms with Crippen molar-refractivity contribution in [3.63, 3.8) is 0 Å². The van der Waals surface area contributed by atoms with Gasteiger partial charge in [0, 0.05) is 12.6 Å². The third-order valence-corrected chi connectivity index (χ3v) is 2.50. The standard InChI is InChI=1S/C13H18N2O5/c1-7(2)5-14-11(16)8(3)15-12(17)10-4-9(6-20-10)13(18)19/h4,6-8H,5H2,1-3H3,(H,14,16)(H,15,17)(H,18,19). The van der Waals surface area contributed by atoms with Crippen LogP contribution in [0.3, 0.4) is 0 Å². The molecule has 20 heavy (non-hydrogen) atoms. The van der Waals surface area contributed by atoms with Gasteiger partial charge in [-0.15, -0.1) is 0 Å². The zero-order valence-electron chi connectivity index (χ0n) is 11.6. The van der Waals surface area contributed by atoms with E-state index in [2.05, 4.69) is 10.6 Å². The number of amides is 2. The molecule has 0 aliphatic carbocycles. The summed E-state index contributed by atoms with van der Waals surface area (Å²) in [6, 6.07) is 0.371. The van der Waals surface area contributed by atoms with Gasteiger partial charge in [-0.1, -0.05) is 13.8 Å². The molecule has 7 nitrogen and oxygen atoms in total. The van der Waals surface area contributed by atoms with E-state index in [-0.39, 0.29) is 17.2 Å². The summed E-state index contributed by atoms with van der Waals surface area (Å²) < 4.78 is 4.84. The lowest BCUT2D eigenvalue weighted by atomic mass is 10.2. The number of hydrogen-bond acceptors (Lipinski definition) is 4. The van der Waals surface area contributed by atoms with Crippen molar-refractivity contribution in [2.75, 3.05) is 6.54 Å². The Bertz CT molecular complexity index is 507. The normalized spacial score (nSPS) is 12.0. The molecule has 0 aliphatic rings. The van der Waals surface area contributed by atoms with Gasteiger partial charge in [0.2, 0.25) is 5.91 Å². The highest BCUT2D eigenvalue weighted by molar-refractivity contribution is 5.97. The number of carbonyl (C=O) groups excluding carboxylic acids is 2. The molecule has 0 saturated heterocycles. The first-order valence-electron chi connectivity index (χ1n) is 6.21. The zero-order chi connectivity index (χ0) is 15.3. The maximum atomic E-state index is 11.8. The average molecular weight is 282 g/mol. The minimum Gasteiger partial charge on any atom is -0.478 e. The van der Waals surface area contributed by atoms with Crippen LogP contribution < -0.4 is 10.6 Å². The molecule has 1 aromatic rings. The molecule has 2 amide bonds. The van der Waals surface area contributed by atoms with E-state index >= 15 is 0 Å². The van der Waals surface area contributed by atoms with E-state index in [9.17, 15) is 14.4 Å². The van der Waals surface area contributed by atoms with Gasteiger partial charge >= 0.3 is 5.97 Å². The first-order valence-corrected chi connectivity index (χ1v) is 6.21. The van der Waals surface area contributed by atoms with Gasteiger partial charge in [-0.2, -0.15) is 0 Å². The Morgan fingerprint density at radius 3 is 2.45 bits per heavy atom. The molecule has 0 spiro atoms. The quantitative estimate of drug-likeness (QED) is 0.717. The number of hydrogen-bond donors (Lipinski definition) is 3. The lowest BCUT2D eigenvalue weighted by Gasteiger charge is -2.14. The van der Waals surface area contributed by atoms with Crippen molar-refractivity contribution >= 4 is 17.8 Å². The highest BCUT2D eigenvalue weighted by atomic mass is 16.4. The van der Waals surface area contributed by atoms with Crippen LogP contribution in [-0.2, 0) is 4.79 Å². The van der Waals surface area contributed by atoms with Crippen LogP contribution in [0.25, 0.3) is 0 Å². The summed E-state index contributed by atoms with van der Waals surface area (Å²) in [5.41, 5.74) is -0.118. The molecule has 1 aromatic heterocycles. The molecule has 7 heteroatoms. The van der Waals surface area contributed by atoms with Gasteiger partial charge < -0.3 is 20.2 Å². The Kier molecular flexibility index (Phi) is 5.31. The van der Waals surface area contributed by atoms with Gasteiger partial charge in [0.25, 0.3) is 5.91 Å². The lowest BCUT2D eigenvalue weighted by Crippen LogP contribution is -2.45. The Hall–Kier alpha value is -2.31. The van der Waals surface area contributed by atoms with Crippen molar-refractivity contribution in [1.29, 1.82) is 0 Å². The summed E-state index contributed by atoms with van der Waals surface area (Å²) in [7, 11) is 0. The molecular formula is C13H18N2O5. The second-order valence-corrected chi connectivity index (χ2v) is 4.84. The topological polar surface area (TPSA) is 109 Å². The maximum Gasteiger partial charge on any atom is 0.338 e. The van der Waals surface area contributed by atoms with E-state index in [1.165, 1.54) is 6.92 Å². The fourth-order valence-corrected chi connectivity index (χ4v) is 1.36. The van der Waals surface area contributed by atoms with E-state index in [1.54, 1.807) is 0 Å². The summed E-state index contributed by atoms with van der Waals surface area (Å²) in [5.74, 6) is -1.96. The minimum absolute atomic E-state index is 0.118. The van der Waals surface area contributed by atoms with Crippen molar-refractivity contribution in [2.45, 2.75) is 26.8 Å². The van der Waals surface area contributed by atoms with Crippen LogP contribution in [0, 0.1) is 5.92 Å². The van der Waals surface area contributed by atoms with Gasteiger partial charge in [0.1, 0.15) is 12.3 Å². The SMILES string of the molecule is CC(C)CNC(=O)C(C)NC(=O)c1cc(C(=O)O)co1. The highest BCUT2D eigenvalue weighted by Gasteiger charge is 2.20. The lowest BCUT2D eigenvalue weighted by molar-refractivity contribution is -0.122. The molecule has 0 bridgehead atoms. The number of carbonyl (C=O) groups is 3. The van der Waals surface area contributed by atoms with E-state index < -0.39 is 17.9 Å². The van der Waals surface area contributed by atoms with Crippen LogP contribution >= 0.6 is 0 Å². The number of carboxylic acid groups (broad SMARTS) is 1. The van der Waals surface area contributed by atoms with Crippen LogP contribution in [0.4, 0.5) is 0 Å². The van der Waals surface area contributed by atoms with E-state index in [0.29, 0.717) is 12.5 Å². The number of aromatic carboxylic acids is 1. The molecule has 1 heterocycles. The number of furan rings is 1. The zero-order valence-corrected chi connectivity index (χ0v) is 11.6. The van der Waals surface area contributed by atoms with Crippen molar-refractivity contribution < 1.29 is 23.9 Å². The maximum absolute atomic E-state index is 11.8. The smallest absolute Gasteiger partial charge is 0.338 e. The fourth-order valence-electron chi connectivity index (χ4n) is 1.36. The minimum atomic E-state index is -1.18. The molecule has 3 N–H and O–H groups in total. The summed E-state index contributed by atoms with van der Waals surface area (Å²) >= 11 is 0. The first kappa shape index (κ1) is 15.7. The first-order chi connectivity index (χ1) is 9.31. The molecule has 1 rings (SSSR count). The van der Waals surface area contributed by atoms with Crippen molar-refractivity contribution in [2.24, 2.45) is 5.92 Å². The third kappa shape index (κ3) is 4.42. The average Bonchev–Trinajstić information content (AvgIpc) is 2.85. The summed E-state index contributed by atoms with van der Waals surface area (Å²) in [4.78, 5) is 34.1. The second kappa shape index (κ2) is 6.74. The molecule has 1 atom stereocenters. The van der Waals surface area contributed by atoms with E-state index in [1.807, 2.05) is 13.8 Å². The predicted molar refractivity (Wildman–Crippen MR) is 70.4 cm³/mol. The second-order valence-electron chi connectivity index (χ2n) is 4.84. The van der Waals surface area contributed by atoms with Gasteiger partial charge in [-0.25, -0.2) is 4.79 Å². The van der Waals surface area contributed by atoms with E-state index in [0.717, 1.165) is 12.3 Å². The van der Waals surface area contributed by atoms with Gasteiger partial charge in [0.15, 0.2) is 5.76 Å². The Morgan fingerprint density at radius 2 is 1.95 bits per heavy atom. The number of rotatable bonds is 6. The molecular weight excluding hydrogens is 264 g/mol. The number of carboxylic acids is 1. The van der Waals surface area contributed by atoms with Crippen LogP contribution in [0.1, 0.15) is 41.7 Å². The van der Waals surface area contributed by atoms with Crippen molar-refractivity contribution in [3.05, 3.63) is 23.7 Å². The largest absolute Gasteiger partial charge is 0.478 e. The van der Waals surface area contributed by atoms with Crippen LogP contribution in [0.5, 0.6) is 0 Å². The van der Waals surface area contributed by atoms with Crippen molar-refractivity contribution in [1.82, 2.24) is 10.6 Å². The summed E-state index contributed by atoms with van der Waals surface area (Å²) in [6.07, 6.45) is 0.973.